The molecule has 0 radical (unpaired) electrons. The minimum atomic E-state index is -3.67. The van der Waals surface area contributed by atoms with E-state index in [0.29, 0.717) is 5.56 Å². The second-order valence-electron chi connectivity index (χ2n) is 5.73. The van der Waals surface area contributed by atoms with Crippen molar-refractivity contribution in [2.75, 3.05) is 0 Å². The molecule has 21 heavy (non-hydrogen) atoms. The molecule has 0 spiro atoms. The van der Waals surface area contributed by atoms with E-state index >= 15 is 0 Å². The molecule has 1 fully saturated rings. The van der Waals surface area contributed by atoms with Gasteiger partial charge in [-0.25, -0.2) is 17.9 Å². The molecule has 2 N–H and O–H groups in total. The quantitative estimate of drug-likeness (QED) is 0.813. The molecule has 7 heteroatoms. The third kappa shape index (κ3) is 3.84. The predicted octanol–water partition coefficient (Wildman–Crippen LogP) is 2.51. The van der Waals surface area contributed by atoms with Crippen LogP contribution in [0.3, 0.4) is 0 Å². The molecule has 1 aliphatic rings. The average molecular weight is 330 g/mol. The number of carboxylic acid groups (broad SMARTS) is 1. The lowest BCUT2D eigenvalue weighted by Crippen LogP contribution is -2.28. The van der Waals surface area contributed by atoms with E-state index in [1.165, 1.54) is 24.3 Å². The maximum Gasteiger partial charge on any atom is 0.328 e. The van der Waals surface area contributed by atoms with Gasteiger partial charge < -0.3 is 5.11 Å². The largest absolute Gasteiger partial charge is 0.478 e. The van der Waals surface area contributed by atoms with Crippen molar-refractivity contribution in [1.29, 1.82) is 0 Å². The van der Waals surface area contributed by atoms with Crippen molar-refractivity contribution < 1.29 is 18.3 Å². The summed E-state index contributed by atoms with van der Waals surface area (Å²) < 4.78 is 27.1. The van der Waals surface area contributed by atoms with Gasteiger partial charge in [-0.2, -0.15) is 0 Å². The van der Waals surface area contributed by atoms with E-state index in [4.69, 9.17) is 16.7 Å². The molecule has 5 nitrogen and oxygen atoms in total. The minimum absolute atomic E-state index is 0.000610. The van der Waals surface area contributed by atoms with Crippen molar-refractivity contribution in [2.24, 2.45) is 5.41 Å². The van der Waals surface area contributed by atoms with Crippen molar-refractivity contribution >= 4 is 33.7 Å². The molecule has 1 atom stereocenters. The molecule has 1 aromatic rings. The number of carboxylic acids is 1. The Morgan fingerprint density at radius 2 is 2.10 bits per heavy atom. The number of hydrogen-bond acceptors (Lipinski definition) is 3. The van der Waals surface area contributed by atoms with Gasteiger partial charge in [0.15, 0.2) is 0 Å². The second kappa shape index (κ2) is 5.44. The first-order chi connectivity index (χ1) is 9.62. The third-order valence-electron chi connectivity index (χ3n) is 3.47. The number of carbonyl (C=O) groups is 1. The van der Waals surface area contributed by atoms with E-state index in [9.17, 15) is 13.2 Å². The van der Waals surface area contributed by atoms with E-state index < -0.39 is 16.0 Å². The SMILES string of the molecule is CC1(C)CC1NS(=O)(=O)c1ccc(C=CC(=O)O)cc1Cl. The molecule has 1 unspecified atom stereocenters. The van der Waals surface area contributed by atoms with Gasteiger partial charge in [0.1, 0.15) is 4.90 Å². The van der Waals surface area contributed by atoms with Gasteiger partial charge in [-0.3, -0.25) is 0 Å². The second-order valence-corrected chi connectivity index (χ2v) is 7.82. The van der Waals surface area contributed by atoms with Crippen molar-refractivity contribution in [3.63, 3.8) is 0 Å². The number of rotatable bonds is 5. The summed E-state index contributed by atoms with van der Waals surface area (Å²) in [5, 5.41) is 8.62. The fraction of sp³-hybridized carbons (Fsp3) is 0.357. The van der Waals surface area contributed by atoms with Gasteiger partial charge in [0.05, 0.1) is 5.02 Å². The molecule has 0 heterocycles. The molecule has 0 bridgehead atoms. The Labute approximate surface area is 128 Å². The first-order valence-electron chi connectivity index (χ1n) is 6.35. The van der Waals surface area contributed by atoms with Crippen LogP contribution in [-0.2, 0) is 14.8 Å². The van der Waals surface area contributed by atoms with Crippen LogP contribution in [0.15, 0.2) is 29.2 Å². The van der Waals surface area contributed by atoms with Gasteiger partial charge in [0.2, 0.25) is 10.0 Å². The highest BCUT2D eigenvalue weighted by Gasteiger charge is 2.48. The summed E-state index contributed by atoms with van der Waals surface area (Å²) in [4.78, 5) is 10.4. The van der Waals surface area contributed by atoms with Crippen LogP contribution in [-0.4, -0.2) is 25.5 Å². The van der Waals surface area contributed by atoms with Crippen LogP contribution >= 0.6 is 11.6 Å². The summed E-state index contributed by atoms with van der Waals surface area (Å²) in [6.07, 6.45) is 3.11. The van der Waals surface area contributed by atoms with Crippen molar-refractivity contribution in [3.05, 3.63) is 34.9 Å². The molecular weight excluding hydrogens is 314 g/mol. The van der Waals surface area contributed by atoms with E-state index in [2.05, 4.69) is 4.72 Å². The van der Waals surface area contributed by atoms with Gasteiger partial charge in [0, 0.05) is 12.1 Å². The highest BCUT2D eigenvalue weighted by Crippen LogP contribution is 2.45. The lowest BCUT2D eigenvalue weighted by atomic mass is 10.2. The smallest absolute Gasteiger partial charge is 0.328 e. The number of aliphatic carboxylic acids is 1. The Bertz CT molecular complexity index is 710. The van der Waals surface area contributed by atoms with E-state index in [1.54, 1.807) is 0 Å². The molecule has 0 aliphatic heterocycles. The summed E-state index contributed by atoms with van der Waals surface area (Å²) in [7, 11) is -3.67. The lowest BCUT2D eigenvalue weighted by molar-refractivity contribution is -0.131. The highest BCUT2D eigenvalue weighted by atomic mass is 35.5. The Morgan fingerprint density at radius 3 is 2.57 bits per heavy atom. The van der Waals surface area contributed by atoms with Crippen molar-refractivity contribution in [3.8, 4) is 0 Å². The highest BCUT2D eigenvalue weighted by molar-refractivity contribution is 7.89. The average Bonchev–Trinajstić information content (AvgIpc) is 2.92. The van der Waals surface area contributed by atoms with Gasteiger partial charge in [0.25, 0.3) is 0 Å². The van der Waals surface area contributed by atoms with Crippen LogP contribution in [0.25, 0.3) is 6.08 Å². The van der Waals surface area contributed by atoms with Crippen molar-refractivity contribution in [2.45, 2.75) is 31.2 Å². The zero-order valence-electron chi connectivity index (χ0n) is 11.6. The number of sulfonamides is 1. The summed E-state index contributed by atoms with van der Waals surface area (Å²) in [5.41, 5.74) is 0.497. The zero-order chi connectivity index (χ0) is 15.8. The first-order valence-corrected chi connectivity index (χ1v) is 8.21. The Hall–Kier alpha value is -1.37. The molecule has 1 saturated carbocycles. The summed E-state index contributed by atoms with van der Waals surface area (Å²) in [6.45, 7) is 3.98. The molecule has 114 valence electrons. The fourth-order valence-electron chi connectivity index (χ4n) is 1.93. The summed E-state index contributed by atoms with van der Waals surface area (Å²) in [5.74, 6) is -1.08. The van der Waals surface area contributed by atoms with Crippen LogP contribution < -0.4 is 4.72 Å². The van der Waals surface area contributed by atoms with Crippen LogP contribution in [0.2, 0.25) is 5.02 Å². The number of halogens is 1. The Morgan fingerprint density at radius 1 is 1.48 bits per heavy atom. The third-order valence-corrected chi connectivity index (χ3v) is 5.43. The molecule has 1 aromatic carbocycles. The van der Waals surface area contributed by atoms with Crippen LogP contribution in [0.1, 0.15) is 25.8 Å². The lowest BCUT2D eigenvalue weighted by Gasteiger charge is -2.10. The summed E-state index contributed by atoms with van der Waals surface area (Å²) >= 11 is 6.00. The maximum absolute atomic E-state index is 12.3. The minimum Gasteiger partial charge on any atom is -0.478 e. The molecule has 0 aromatic heterocycles. The van der Waals surface area contributed by atoms with Gasteiger partial charge >= 0.3 is 5.97 Å². The molecule has 0 amide bonds. The standard InChI is InChI=1S/C14H16ClNO4S/c1-14(2)8-12(14)16-21(19,20)11-5-3-9(7-10(11)15)4-6-13(17)18/h3-7,12,16H,8H2,1-2H3,(H,17,18). The molecule has 0 saturated heterocycles. The van der Waals surface area contributed by atoms with Crippen LogP contribution in [0.4, 0.5) is 0 Å². The summed E-state index contributed by atoms with van der Waals surface area (Å²) in [6, 6.07) is 4.23. The van der Waals surface area contributed by atoms with E-state index in [-0.39, 0.29) is 21.4 Å². The number of benzene rings is 1. The zero-order valence-corrected chi connectivity index (χ0v) is 13.2. The normalized spacial score (nSPS) is 20.6. The van der Waals surface area contributed by atoms with E-state index in [1.807, 2.05) is 13.8 Å². The first kappa shape index (κ1) is 16.0. The van der Waals surface area contributed by atoms with Crippen molar-refractivity contribution in [1.82, 2.24) is 4.72 Å². The monoisotopic (exact) mass is 329 g/mol. The van der Waals surface area contributed by atoms with Gasteiger partial charge in [-0.05, 0) is 35.6 Å². The number of nitrogens with one attached hydrogen (secondary N) is 1. The Kier molecular flexibility index (Phi) is 4.15. The van der Waals surface area contributed by atoms with Gasteiger partial charge in [-0.15, -0.1) is 0 Å². The van der Waals surface area contributed by atoms with Crippen LogP contribution in [0, 0.1) is 5.41 Å². The van der Waals surface area contributed by atoms with Gasteiger partial charge in [-0.1, -0.05) is 31.5 Å². The van der Waals surface area contributed by atoms with Crippen LogP contribution in [0.5, 0.6) is 0 Å². The predicted molar refractivity (Wildman–Crippen MR) is 80.6 cm³/mol. The van der Waals surface area contributed by atoms with E-state index in [0.717, 1.165) is 12.5 Å². The fourth-order valence-corrected chi connectivity index (χ4v) is 3.89. The topological polar surface area (TPSA) is 83.5 Å². The maximum atomic E-state index is 12.3. The molecule has 2 rings (SSSR count). The molecular formula is C14H16ClNO4S. The molecule has 1 aliphatic carbocycles. The number of hydrogen-bond donors (Lipinski definition) is 2. The Balaban J connectivity index is 2.22.